The highest BCUT2D eigenvalue weighted by Crippen LogP contribution is 2.28. The first-order valence-corrected chi connectivity index (χ1v) is 10.2. The number of halogens is 1. The van der Waals surface area contributed by atoms with Crippen LogP contribution in [0.4, 0.5) is 0 Å². The molecule has 0 radical (unpaired) electrons. The van der Waals surface area contributed by atoms with E-state index in [4.69, 9.17) is 11.6 Å². The van der Waals surface area contributed by atoms with Gasteiger partial charge in [-0.3, -0.25) is 0 Å². The van der Waals surface area contributed by atoms with Crippen molar-refractivity contribution in [1.29, 1.82) is 0 Å². The molecule has 0 aliphatic carbocycles. The fraction of sp³-hybridized carbons (Fsp3) is 0.455. The summed E-state index contributed by atoms with van der Waals surface area (Å²) >= 11 is 5.97. The number of aryl methyl sites for hydroxylation is 2. The summed E-state index contributed by atoms with van der Waals surface area (Å²) in [5.41, 5.74) is 4.06. The third-order valence-electron chi connectivity index (χ3n) is 4.39. The van der Waals surface area contributed by atoms with Crippen molar-refractivity contribution in [2.45, 2.75) is 66.2 Å². The molecule has 0 aliphatic heterocycles. The predicted octanol–water partition coefficient (Wildman–Crippen LogP) is 6.63. The first-order valence-electron chi connectivity index (χ1n) is 9.85. The zero-order valence-corrected chi connectivity index (χ0v) is 17.6. The van der Waals surface area contributed by atoms with Crippen LogP contribution in [0, 0.1) is 6.92 Å². The van der Waals surface area contributed by atoms with E-state index in [9.17, 15) is 5.11 Å². The van der Waals surface area contributed by atoms with Crippen LogP contribution in [0.1, 0.15) is 64.0 Å². The van der Waals surface area contributed by atoms with Gasteiger partial charge in [-0.1, -0.05) is 70.5 Å². The zero-order chi connectivity index (χ0) is 19.8. The Hall–Kier alpha value is -2.07. The Labute approximate surface area is 167 Å². The molecule has 1 N–H and O–H groups in total. The van der Waals surface area contributed by atoms with E-state index in [2.05, 4.69) is 31.0 Å². The Morgan fingerprint density at radius 3 is 2.22 bits per heavy atom. The van der Waals surface area contributed by atoms with Crippen molar-refractivity contribution in [2.24, 2.45) is 0 Å². The van der Waals surface area contributed by atoms with Crippen molar-refractivity contribution in [2.75, 3.05) is 0 Å². The fourth-order valence-corrected chi connectivity index (χ4v) is 3.08. The normalized spacial score (nSPS) is 10.7. The molecule has 1 aromatic heterocycles. The van der Waals surface area contributed by atoms with Gasteiger partial charge >= 0.3 is 0 Å². The van der Waals surface area contributed by atoms with Crippen LogP contribution in [0.25, 0.3) is 16.7 Å². The molecule has 146 valence electrons. The molecule has 3 rings (SSSR count). The van der Waals surface area contributed by atoms with E-state index in [0.29, 0.717) is 16.2 Å². The van der Waals surface area contributed by atoms with Crippen molar-refractivity contribution in [3.05, 3.63) is 46.5 Å². The molecule has 0 spiro atoms. The molecule has 0 fully saturated rings. The summed E-state index contributed by atoms with van der Waals surface area (Å²) in [4.78, 5) is 1.47. The van der Waals surface area contributed by atoms with E-state index in [1.165, 1.54) is 36.0 Å². The Balaban J connectivity index is 0.000000380. The summed E-state index contributed by atoms with van der Waals surface area (Å²) < 4.78 is 0. The van der Waals surface area contributed by atoms with Gasteiger partial charge in [0, 0.05) is 5.02 Å². The molecular weight excluding hydrogens is 358 g/mol. The van der Waals surface area contributed by atoms with Crippen molar-refractivity contribution in [3.63, 3.8) is 0 Å². The van der Waals surface area contributed by atoms with Crippen LogP contribution in [-0.4, -0.2) is 20.1 Å². The molecule has 0 amide bonds. The molecule has 0 aliphatic rings. The van der Waals surface area contributed by atoms with Crippen LogP contribution in [0.2, 0.25) is 5.02 Å². The highest BCUT2D eigenvalue weighted by atomic mass is 35.5. The second kappa shape index (κ2) is 10.3. The standard InChI is InChI=1S/C16H16ClN3O.C6H14/c1-3-4-11-7-10(2)16(21)15(8-11)20-18-13-6-5-12(17)9-14(13)19-20;1-3-5-6-4-2/h5-9,21H,3-4H2,1-2H3;3-6H2,1-2H3. The number of unbranched alkanes of at least 4 members (excludes halogenated alkanes) is 3. The number of nitrogens with zero attached hydrogens (tertiary/aromatic N) is 3. The lowest BCUT2D eigenvalue weighted by Crippen LogP contribution is -2.01. The third-order valence-corrected chi connectivity index (χ3v) is 4.63. The van der Waals surface area contributed by atoms with E-state index in [0.717, 1.165) is 23.9 Å². The van der Waals surface area contributed by atoms with Crippen LogP contribution >= 0.6 is 11.6 Å². The number of aromatic hydroxyl groups is 1. The smallest absolute Gasteiger partial charge is 0.146 e. The highest BCUT2D eigenvalue weighted by molar-refractivity contribution is 6.31. The molecule has 27 heavy (non-hydrogen) atoms. The second-order valence-electron chi connectivity index (χ2n) is 6.86. The average Bonchev–Trinajstić information content (AvgIpc) is 3.06. The number of hydrogen-bond donors (Lipinski definition) is 1. The SMILES string of the molecule is CCCCCC.CCCc1cc(C)c(O)c(-n2nc3ccc(Cl)cc3n2)c1. The quantitative estimate of drug-likeness (QED) is 0.483. The van der Waals surface area contributed by atoms with Crippen molar-refractivity contribution in [1.82, 2.24) is 15.0 Å². The highest BCUT2D eigenvalue weighted by Gasteiger charge is 2.12. The van der Waals surface area contributed by atoms with Gasteiger partial charge in [0.05, 0.1) is 0 Å². The van der Waals surface area contributed by atoms with Gasteiger partial charge in [-0.25, -0.2) is 0 Å². The number of fused-ring (bicyclic) bond motifs is 1. The van der Waals surface area contributed by atoms with Gasteiger partial charge < -0.3 is 5.11 Å². The monoisotopic (exact) mass is 387 g/mol. The lowest BCUT2D eigenvalue weighted by Gasteiger charge is -2.09. The summed E-state index contributed by atoms with van der Waals surface area (Å²) in [6.07, 6.45) is 7.54. The average molecular weight is 388 g/mol. The number of phenolic OH excluding ortho intramolecular Hbond substituents is 1. The van der Waals surface area contributed by atoms with Crippen molar-refractivity contribution in [3.8, 4) is 11.4 Å². The maximum absolute atomic E-state index is 10.3. The zero-order valence-electron chi connectivity index (χ0n) is 16.8. The summed E-state index contributed by atoms with van der Waals surface area (Å²) in [5, 5.41) is 19.7. The molecular formula is C22H30ClN3O. The van der Waals surface area contributed by atoms with Gasteiger partial charge in [-0.15, -0.1) is 15.0 Å². The van der Waals surface area contributed by atoms with Gasteiger partial charge in [0.1, 0.15) is 22.5 Å². The first-order chi connectivity index (χ1) is 13.0. The number of rotatable bonds is 6. The molecule has 0 saturated carbocycles. The molecule has 0 unspecified atom stereocenters. The summed E-state index contributed by atoms with van der Waals surface area (Å²) in [6, 6.07) is 9.30. The largest absolute Gasteiger partial charge is 0.505 e. The number of hydrogen-bond acceptors (Lipinski definition) is 3. The molecule has 0 bridgehead atoms. The summed E-state index contributed by atoms with van der Waals surface area (Å²) in [6.45, 7) is 8.48. The minimum atomic E-state index is 0.209. The van der Waals surface area contributed by atoms with E-state index in [-0.39, 0.29) is 5.75 Å². The lowest BCUT2D eigenvalue weighted by molar-refractivity contribution is 0.463. The maximum atomic E-state index is 10.3. The first kappa shape index (κ1) is 21.2. The minimum Gasteiger partial charge on any atom is -0.505 e. The van der Waals surface area contributed by atoms with Crippen molar-refractivity contribution < 1.29 is 5.11 Å². The fourth-order valence-electron chi connectivity index (χ4n) is 2.92. The second-order valence-corrected chi connectivity index (χ2v) is 7.30. The molecule has 3 aromatic rings. The molecule has 4 nitrogen and oxygen atoms in total. The van der Waals surface area contributed by atoms with Gasteiger partial charge in [-0.2, -0.15) is 0 Å². The molecule has 1 heterocycles. The van der Waals surface area contributed by atoms with Crippen LogP contribution in [0.5, 0.6) is 5.75 Å². The predicted molar refractivity (Wildman–Crippen MR) is 114 cm³/mol. The van der Waals surface area contributed by atoms with E-state index >= 15 is 0 Å². The van der Waals surface area contributed by atoms with Gasteiger partial charge in [0.2, 0.25) is 0 Å². The Bertz CT molecular complexity index is 869. The molecule has 2 aromatic carbocycles. The molecule has 0 saturated heterocycles. The minimum absolute atomic E-state index is 0.209. The van der Waals surface area contributed by atoms with Crippen LogP contribution in [-0.2, 0) is 6.42 Å². The van der Waals surface area contributed by atoms with Crippen LogP contribution < -0.4 is 0 Å². The summed E-state index contributed by atoms with van der Waals surface area (Å²) in [5.74, 6) is 0.209. The number of phenols is 1. The van der Waals surface area contributed by atoms with E-state index < -0.39 is 0 Å². The van der Waals surface area contributed by atoms with Crippen molar-refractivity contribution >= 4 is 22.6 Å². The topological polar surface area (TPSA) is 50.9 Å². The Morgan fingerprint density at radius 1 is 0.926 bits per heavy atom. The Morgan fingerprint density at radius 2 is 1.59 bits per heavy atom. The van der Waals surface area contributed by atoms with Gasteiger partial charge in [-0.05, 0) is 48.7 Å². The number of benzene rings is 2. The van der Waals surface area contributed by atoms with Crippen LogP contribution in [0.3, 0.4) is 0 Å². The van der Waals surface area contributed by atoms with Gasteiger partial charge in [0.15, 0.2) is 0 Å². The van der Waals surface area contributed by atoms with Crippen LogP contribution in [0.15, 0.2) is 30.3 Å². The molecule has 5 heteroatoms. The molecule has 0 atom stereocenters. The van der Waals surface area contributed by atoms with E-state index in [1.54, 1.807) is 12.1 Å². The Kier molecular flexibility index (Phi) is 8.11. The van der Waals surface area contributed by atoms with E-state index in [1.807, 2.05) is 25.1 Å². The lowest BCUT2D eigenvalue weighted by atomic mass is 10.1. The number of aromatic nitrogens is 3. The summed E-state index contributed by atoms with van der Waals surface area (Å²) in [7, 11) is 0. The maximum Gasteiger partial charge on any atom is 0.146 e. The third kappa shape index (κ3) is 5.70. The van der Waals surface area contributed by atoms with Gasteiger partial charge in [0.25, 0.3) is 0 Å².